The van der Waals surface area contributed by atoms with Gasteiger partial charge in [0.25, 0.3) is 5.69 Å². The molecule has 1 unspecified atom stereocenters. The average molecular weight is 380 g/mol. The van der Waals surface area contributed by atoms with E-state index in [1.165, 1.54) is 24.3 Å². The average Bonchev–Trinajstić information content (AvgIpc) is 2.64. The summed E-state index contributed by atoms with van der Waals surface area (Å²) in [5.74, 6) is 0. The highest BCUT2D eigenvalue weighted by Crippen LogP contribution is 2.41. The SMILES string of the molecule is O=C(NCP(=O)(O)OCc1ccc([N+](=O)[O-])cc1)OCc1ccccc1. The third-order valence-corrected chi connectivity index (χ3v) is 4.31. The van der Waals surface area contributed by atoms with E-state index in [0.717, 1.165) is 5.56 Å². The molecule has 2 aromatic carbocycles. The smallest absolute Gasteiger partial charge is 0.408 e. The number of ether oxygens (including phenoxy) is 1. The van der Waals surface area contributed by atoms with Crippen molar-refractivity contribution in [2.45, 2.75) is 13.2 Å². The van der Waals surface area contributed by atoms with Crippen molar-refractivity contribution in [3.8, 4) is 0 Å². The molecule has 2 rings (SSSR count). The lowest BCUT2D eigenvalue weighted by Gasteiger charge is -2.13. The quantitative estimate of drug-likeness (QED) is 0.409. The van der Waals surface area contributed by atoms with Crippen LogP contribution < -0.4 is 5.32 Å². The van der Waals surface area contributed by atoms with Gasteiger partial charge in [0.1, 0.15) is 12.9 Å². The molecule has 26 heavy (non-hydrogen) atoms. The van der Waals surface area contributed by atoms with E-state index in [1.54, 1.807) is 24.3 Å². The Morgan fingerprint density at radius 2 is 1.69 bits per heavy atom. The Kier molecular flexibility index (Phi) is 6.85. The molecule has 1 atom stereocenters. The molecule has 0 radical (unpaired) electrons. The number of amides is 1. The van der Waals surface area contributed by atoms with Gasteiger partial charge in [-0.3, -0.25) is 14.7 Å². The van der Waals surface area contributed by atoms with Gasteiger partial charge >= 0.3 is 13.7 Å². The lowest BCUT2D eigenvalue weighted by Crippen LogP contribution is -2.25. The monoisotopic (exact) mass is 380 g/mol. The largest absolute Gasteiger partial charge is 0.445 e. The first kappa shape index (κ1) is 19.6. The van der Waals surface area contributed by atoms with Crippen LogP contribution in [0, 0.1) is 10.1 Å². The fourth-order valence-corrected chi connectivity index (χ4v) is 2.64. The van der Waals surface area contributed by atoms with Gasteiger partial charge in [0.2, 0.25) is 0 Å². The zero-order chi connectivity index (χ0) is 19.0. The summed E-state index contributed by atoms with van der Waals surface area (Å²) in [6.07, 6.45) is -1.46. The summed E-state index contributed by atoms with van der Waals surface area (Å²) in [5.41, 5.74) is 1.17. The number of hydrogen-bond donors (Lipinski definition) is 2. The molecule has 0 saturated carbocycles. The predicted octanol–water partition coefficient (Wildman–Crippen LogP) is 3.18. The van der Waals surface area contributed by atoms with Crippen molar-refractivity contribution in [3.63, 3.8) is 0 Å². The van der Waals surface area contributed by atoms with E-state index in [-0.39, 0.29) is 18.9 Å². The van der Waals surface area contributed by atoms with Crippen LogP contribution in [-0.2, 0) is 27.0 Å². The van der Waals surface area contributed by atoms with Crippen molar-refractivity contribution in [1.29, 1.82) is 0 Å². The van der Waals surface area contributed by atoms with Crippen molar-refractivity contribution < 1.29 is 28.4 Å². The van der Waals surface area contributed by atoms with Crippen LogP contribution in [0.4, 0.5) is 10.5 Å². The minimum Gasteiger partial charge on any atom is -0.445 e. The number of non-ortho nitro benzene ring substituents is 1. The Balaban J connectivity index is 1.74. The van der Waals surface area contributed by atoms with Crippen LogP contribution in [0.3, 0.4) is 0 Å². The number of hydrogen-bond acceptors (Lipinski definition) is 6. The molecule has 138 valence electrons. The van der Waals surface area contributed by atoms with Crippen LogP contribution >= 0.6 is 7.60 Å². The van der Waals surface area contributed by atoms with Gasteiger partial charge in [0.05, 0.1) is 11.5 Å². The molecule has 2 aromatic rings. The molecule has 10 heteroatoms. The summed E-state index contributed by atoms with van der Waals surface area (Å²) in [4.78, 5) is 31.3. The van der Waals surface area contributed by atoms with Gasteiger partial charge < -0.3 is 19.5 Å². The van der Waals surface area contributed by atoms with Gasteiger partial charge in [-0.2, -0.15) is 0 Å². The molecule has 0 aliphatic heterocycles. The molecule has 0 aromatic heterocycles. The van der Waals surface area contributed by atoms with Gasteiger partial charge in [-0.15, -0.1) is 0 Å². The molecule has 0 aliphatic rings. The first-order valence-corrected chi connectivity index (χ1v) is 9.26. The second-order valence-corrected chi connectivity index (χ2v) is 7.08. The van der Waals surface area contributed by atoms with E-state index in [9.17, 15) is 24.4 Å². The van der Waals surface area contributed by atoms with Gasteiger partial charge in [0, 0.05) is 12.1 Å². The highest BCUT2D eigenvalue weighted by atomic mass is 31.2. The summed E-state index contributed by atoms with van der Waals surface area (Å²) >= 11 is 0. The minimum atomic E-state index is -4.08. The van der Waals surface area contributed by atoms with Crippen molar-refractivity contribution >= 4 is 19.4 Å². The maximum absolute atomic E-state index is 11.9. The van der Waals surface area contributed by atoms with Gasteiger partial charge in [-0.1, -0.05) is 30.3 Å². The number of nitrogens with zero attached hydrogens (tertiary/aromatic N) is 1. The molecule has 0 bridgehead atoms. The standard InChI is InChI=1S/C16H17N2O7P/c19-16(24-10-13-4-2-1-3-5-13)17-12-26(22,23)25-11-14-6-8-15(9-7-14)18(20)21/h1-9H,10-12H2,(H,17,19)(H,22,23). The normalized spacial score (nSPS) is 12.8. The lowest BCUT2D eigenvalue weighted by atomic mass is 10.2. The molecule has 0 fully saturated rings. The van der Waals surface area contributed by atoms with E-state index in [1.807, 2.05) is 6.07 Å². The molecular weight excluding hydrogens is 363 g/mol. The van der Waals surface area contributed by atoms with Crippen LogP contribution in [0.5, 0.6) is 0 Å². The summed E-state index contributed by atoms with van der Waals surface area (Å²) in [6, 6.07) is 14.3. The first-order valence-electron chi connectivity index (χ1n) is 7.50. The molecule has 9 nitrogen and oxygen atoms in total. The van der Waals surface area contributed by atoms with Crippen molar-refractivity contribution in [2.24, 2.45) is 0 Å². The molecule has 2 N–H and O–H groups in total. The molecule has 1 amide bonds. The van der Waals surface area contributed by atoms with Crippen molar-refractivity contribution in [3.05, 3.63) is 75.8 Å². The number of alkyl carbamates (subject to hydrolysis) is 1. The van der Waals surface area contributed by atoms with Gasteiger partial charge in [0.15, 0.2) is 0 Å². The highest BCUT2D eigenvalue weighted by molar-refractivity contribution is 7.52. The fraction of sp³-hybridized carbons (Fsp3) is 0.188. The van der Waals surface area contributed by atoms with Crippen LogP contribution in [0.15, 0.2) is 54.6 Å². The summed E-state index contributed by atoms with van der Waals surface area (Å²) in [5, 5.41) is 12.7. The molecule has 0 saturated heterocycles. The topological polar surface area (TPSA) is 128 Å². The lowest BCUT2D eigenvalue weighted by molar-refractivity contribution is -0.384. The zero-order valence-corrected chi connectivity index (χ0v) is 14.5. The number of nitrogens with one attached hydrogen (secondary N) is 1. The maximum Gasteiger partial charge on any atom is 0.408 e. The Labute approximate surface area is 149 Å². The summed E-state index contributed by atoms with van der Waals surface area (Å²) in [7, 11) is -4.08. The zero-order valence-electron chi connectivity index (χ0n) is 13.6. The Hall–Kier alpha value is -2.74. The predicted molar refractivity (Wildman–Crippen MR) is 92.3 cm³/mol. The van der Waals surface area contributed by atoms with Crippen molar-refractivity contribution in [1.82, 2.24) is 5.32 Å². The third-order valence-electron chi connectivity index (χ3n) is 3.22. The van der Waals surface area contributed by atoms with E-state index in [2.05, 4.69) is 5.32 Å². The fourth-order valence-electron chi connectivity index (χ4n) is 1.87. The van der Waals surface area contributed by atoms with Crippen LogP contribution in [0.1, 0.15) is 11.1 Å². The highest BCUT2D eigenvalue weighted by Gasteiger charge is 2.21. The van der Waals surface area contributed by atoms with E-state index in [0.29, 0.717) is 5.56 Å². The molecular formula is C16H17N2O7P. The second-order valence-electron chi connectivity index (χ2n) is 5.23. The van der Waals surface area contributed by atoms with E-state index >= 15 is 0 Å². The van der Waals surface area contributed by atoms with Gasteiger partial charge in [-0.05, 0) is 23.3 Å². The first-order chi connectivity index (χ1) is 12.4. The Morgan fingerprint density at radius 1 is 1.08 bits per heavy atom. The van der Waals surface area contributed by atoms with Crippen LogP contribution in [-0.4, -0.2) is 22.2 Å². The maximum atomic E-state index is 11.9. The summed E-state index contributed by atoms with van der Waals surface area (Å²) < 4.78 is 21.7. The number of nitro benzene ring substituents is 1. The third kappa shape index (κ3) is 6.64. The summed E-state index contributed by atoms with van der Waals surface area (Å²) in [6.45, 7) is -0.196. The number of carbonyl (C=O) groups is 1. The Morgan fingerprint density at radius 3 is 2.31 bits per heavy atom. The molecule has 0 heterocycles. The number of nitro groups is 1. The number of benzene rings is 2. The van der Waals surface area contributed by atoms with E-state index < -0.39 is 24.9 Å². The van der Waals surface area contributed by atoms with E-state index in [4.69, 9.17) is 9.26 Å². The van der Waals surface area contributed by atoms with Gasteiger partial charge in [-0.25, -0.2) is 4.79 Å². The van der Waals surface area contributed by atoms with Crippen LogP contribution in [0.2, 0.25) is 0 Å². The Bertz CT molecular complexity index is 796. The minimum absolute atomic E-state index is 0.0338. The van der Waals surface area contributed by atoms with Crippen molar-refractivity contribution in [2.75, 3.05) is 6.29 Å². The number of carbonyl (C=O) groups excluding carboxylic acids is 1. The number of rotatable bonds is 8. The molecule has 0 aliphatic carbocycles. The van der Waals surface area contributed by atoms with Crippen LogP contribution in [0.25, 0.3) is 0 Å². The second kappa shape index (κ2) is 9.10. The molecule has 0 spiro atoms.